The molecule has 5 rings (SSSR count). The first-order chi connectivity index (χ1) is 11.1. The summed E-state index contributed by atoms with van der Waals surface area (Å²) in [5.74, 6) is -0.385. The smallest absolute Gasteiger partial charge is 0.254 e. The van der Waals surface area contributed by atoms with Crippen LogP contribution in [0.3, 0.4) is 0 Å². The lowest BCUT2D eigenvalue weighted by Crippen LogP contribution is -2.38. The summed E-state index contributed by atoms with van der Waals surface area (Å²) in [6.45, 7) is 0. The third-order valence-corrected chi connectivity index (χ3v) is 5.67. The highest BCUT2D eigenvalue weighted by Gasteiger charge is 2.56. The van der Waals surface area contributed by atoms with Crippen LogP contribution in [0.5, 0.6) is 5.75 Å². The fourth-order valence-electron chi connectivity index (χ4n) is 3.90. The molecular formula is C17H15BrN2O3. The van der Waals surface area contributed by atoms with E-state index in [0.717, 1.165) is 17.9 Å². The molecule has 23 heavy (non-hydrogen) atoms. The quantitative estimate of drug-likeness (QED) is 0.491. The van der Waals surface area contributed by atoms with Crippen LogP contribution in [0.1, 0.15) is 18.4 Å². The molecule has 118 valence electrons. The Hall–Kier alpha value is -1.95. The van der Waals surface area contributed by atoms with Crippen LogP contribution in [-0.4, -0.2) is 28.1 Å². The molecule has 0 aromatic heterocycles. The number of phenols is 1. The van der Waals surface area contributed by atoms with E-state index < -0.39 is 0 Å². The molecule has 0 spiro atoms. The van der Waals surface area contributed by atoms with Crippen molar-refractivity contribution >= 4 is 34.0 Å². The van der Waals surface area contributed by atoms with Gasteiger partial charge in [-0.15, -0.1) is 0 Å². The highest BCUT2D eigenvalue weighted by molar-refractivity contribution is 9.10. The van der Waals surface area contributed by atoms with Crippen molar-refractivity contribution in [2.24, 2.45) is 28.8 Å². The summed E-state index contributed by atoms with van der Waals surface area (Å²) in [6.07, 6.45) is 7.61. The van der Waals surface area contributed by atoms with E-state index in [1.54, 1.807) is 12.1 Å². The summed E-state index contributed by atoms with van der Waals surface area (Å²) >= 11 is 3.23. The molecule has 2 bridgehead atoms. The Balaban J connectivity index is 1.60. The highest BCUT2D eigenvalue weighted by Crippen LogP contribution is 2.49. The van der Waals surface area contributed by atoms with E-state index in [4.69, 9.17) is 0 Å². The zero-order valence-corrected chi connectivity index (χ0v) is 13.8. The fraction of sp³-hybridized carbons (Fsp3) is 0.353. The van der Waals surface area contributed by atoms with Gasteiger partial charge in [0.05, 0.1) is 22.5 Å². The van der Waals surface area contributed by atoms with E-state index in [2.05, 4.69) is 33.2 Å². The Morgan fingerprint density at radius 2 is 1.74 bits per heavy atom. The monoisotopic (exact) mass is 374 g/mol. The van der Waals surface area contributed by atoms with Gasteiger partial charge in [0.25, 0.3) is 11.8 Å². The zero-order chi connectivity index (χ0) is 16.1. The topological polar surface area (TPSA) is 70.0 Å². The molecule has 4 atom stereocenters. The number of benzene rings is 1. The lowest BCUT2D eigenvalue weighted by molar-refractivity contribution is -0.140. The number of carbonyl (C=O) groups is 2. The van der Waals surface area contributed by atoms with E-state index in [9.17, 15) is 14.7 Å². The number of amides is 2. The van der Waals surface area contributed by atoms with Crippen molar-refractivity contribution in [1.29, 1.82) is 0 Å². The molecule has 6 heteroatoms. The highest BCUT2D eigenvalue weighted by atomic mass is 79.9. The molecule has 1 aliphatic heterocycles. The van der Waals surface area contributed by atoms with Gasteiger partial charge in [0.1, 0.15) is 5.75 Å². The Morgan fingerprint density at radius 3 is 2.26 bits per heavy atom. The van der Waals surface area contributed by atoms with Gasteiger partial charge in [-0.25, -0.2) is 0 Å². The molecule has 2 amide bonds. The number of hydrogen-bond donors (Lipinski definition) is 1. The average molecular weight is 375 g/mol. The van der Waals surface area contributed by atoms with Crippen LogP contribution in [0.4, 0.5) is 0 Å². The summed E-state index contributed by atoms with van der Waals surface area (Å²) in [7, 11) is 0. The molecule has 2 fully saturated rings. The summed E-state index contributed by atoms with van der Waals surface area (Å²) in [4.78, 5) is 25.2. The molecule has 3 aliphatic carbocycles. The number of allylic oxidation sites excluding steroid dienone is 2. The van der Waals surface area contributed by atoms with Crippen molar-refractivity contribution in [2.75, 3.05) is 0 Å². The average Bonchev–Trinajstić information content (AvgIpc) is 2.83. The van der Waals surface area contributed by atoms with Gasteiger partial charge in [0.15, 0.2) is 0 Å². The first-order valence-corrected chi connectivity index (χ1v) is 8.44. The second-order valence-corrected chi connectivity index (χ2v) is 7.14. The first kappa shape index (κ1) is 14.6. The van der Waals surface area contributed by atoms with Crippen LogP contribution in [0.25, 0.3) is 0 Å². The van der Waals surface area contributed by atoms with Crippen LogP contribution in [0, 0.1) is 23.7 Å². The van der Waals surface area contributed by atoms with Crippen molar-refractivity contribution in [2.45, 2.75) is 12.8 Å². The maximum absolute atomic E-state index is 12.6. The van der Waals surface area contributed by atoms with E-state index in [1.165, 1.54) is 12.3 Å². The number of hydrazone groups is 1. The number of phenolic OH excluding ortho intramolecular Hbond substituents is 1. The number of halogens is 1. The molecule has 1 saturated carbocycles. The first-order valence-electron chi connectivity index (χ1n) is 7.65. The molecule has 1 heterocycles. The van der Waals surface area contributed by atoms with Gasteiger partial charge in [-0.3, -0.25) is 9.59 Å². The third-order valence-electron chi connectivity index (χ3n) is 5.03. The molecule has 1 N–H and O–H groups in total. The summed E-state index contributed by atoms with van der Waals surface area (Å²) in [5, 5.41) is 14.7. The van der Waals surface area contributed by atoms with Crippen LogP contribution >= 0.6 is 15.9 Å². The van der Waals surface area contributed by atoms with Crippen molar-refractivity contribution < 1.29 is 14.7 Å². The molecular weight excluding hydrogens is 360 g/mol. The maximum atomic E-state index is 12.6. The van der Waals surface area contributed by atoms with E-state index in [1.807, 2.05) is 0 Å². The van der Waals surface area contributed by atoms with Gasteiger partial charge in [0.2, 0.25) is 0 Å². The van der Waals surface area contributed by atoms with Crippen LogP contribution in [0.15, 0.2) is 39.9 Å². The number of rotatable bonds is 2. The van der Waals surface area contributed by atoms with Gasteiger partial charge in [-0.1, -0.05) is 12.2 Å². The molecule has 1 saturated heterocycles. The molecule has 4 aliphatic rings. The van der Waals surface area contributed by atoms with E-state index >= 15 is 0 Å². The number of carbonyl (C=O) groups excluding carboxylic acids is 2. The Bertz CT molecular complexity index is 726. The minimum atomic E-state index is -0.241. The van der Waals surface area contributed by atoms with Crippen LogP contribution < -0.4 is 0 Å². The SMILES string of the molecule is O=C1C2C3C=CC(CC3)C2C(=O)N1/N=C/c1ccc(O)c(Br)c1. The summed E-state index contributed by atoms with van der Waals surface area (Å²) in [6, 6.07) is 4.89. The van der Waals surface area contributed by atoms with Crippen LogP contribution in [0.2, 0.25) is 0 Å². The van der Waals surface area contributed by atoms with Gasteiger partial charge >= 0.3 is 0 Å². The third kappa shape index (κ3) is 2.24. The molecule has 4 unspecified atom stereocenters. The number of fused-ring (bicyclic) bond motifs is 1. The molecule has 1 aromatic carbocycles. The second kappa shape index (κ2) is 5.30. The summed E-state index contributed by atoms with van der Waals surface area (Å²) < 4.78 is 0.538. The maximum Gasteiger partial charge on any atom is 0.254 e. The van der Waals surface area contributed by atoms with Gasteiger partial charge in [0, 0.05) is 0 Å². The van der Waals surface area contributed by atoms with Gasteiger partial charge < -0.3 is 5.11 Å². The predicted octanol–water partition coefficient (Wildman–Crippen LogP) is 2.69. The Morgan fingerprint density at radius 1 is 1.13 bits per heavy atom. The summed E-state index contributed by atoms with van der Waals surface area (Å²) in [5.41, 5.74) is 0.700. The van der Waals surface area contributed by atoms with Crippen molar-refractivity contribution in [3.05, 3.63) is 40.4 Å². The van der Waals surface area contributed by atoms with Crippen LogP contribution in [-0.2, 0) is 9.59 Å². The largest absolute Gasteiger partial charge is 0.507 e. The van der Waals surface area contributed by atoms with E-state index in [0.29, 0.717) is 10.0 Å². The Kier molecular flexibility index (Phi) is 3.37. The number of aromatic hydroxyl groups is 1. The lowest BCUT2D eigenvalue weighted by atomic mass is 9.63. The van der Waals surface area contributed by atoms with Gasteiger partial charge in [-0.05, 0) is 64.4 Å². The van der Waals surface area contributed by atoms with E-state index in [-0.39, 0.29) is 41.2 Å². The molecule has 1 aromatic rings. The number of imide groups is 1. The standard InChI is InChI=1S/C17H15BrN2O3/c18-12-7-9(1-6-13(12)21)8-19-20-16(22)14-10-2-3-11(5-4-10)15(14)17(20)23/h1-3,6-8,10-11,14-15,21H,4-5H2/b19-8+. The number of hydrogen-bond acceptors (Lipinski definition) is 4. The minimum Gasteiger partial charge on any atom is -0.507 e. The zero-order valence-electron chi connectivity index (χ0n) is 12.2. The Labute approximate surface area is 141 Å². The van der Waals surface area contributed by atoms with Crippen molar-refractivity contribution in [1.82, 2.24) is 5.01 Å². The molecule has 5 nitrogen and oxygen atoms in total. The normalized spacial score (nSPS) is 32.1. The van der Waals surface area contributed by atoms with Crippen molar-refractivity contribution in [3.8, 4) is 5.75 Å². The number of nitrogens with zero attached hydrogens (tertiary/aromatic N) is 2. The lowest BCUT2D eigenvalue weighted by Gasteiger charge is -2.37. The second-order valence-electron chi connectivity index (χ2n) is 6.29. The minimum absolute atomic E-state index is 0.129. The van der Waals surface area contributed by atoms with Gasteiger partial charge in [-0.2, -0.15) is 10.1 Å². The van der Waals surface area contributed by atoms with Crippen molar-refractivity contribution in [3.63, 3.8) is 0 Å². The molecule has 0 radical (unpaired) electrons. The fourth-order valence-corrected chi connectivity index (χ4v) is 4.30. The predicted molar refractivity (Wildman–Crippen MR) is 87.6 cm³/mol.